The predicted octanol–water partition coefficient (Wildman–Crippen LogP) is 4.17. The zero-order valence-electron chi connectivity index (χ0n) is 12.5. The second-order valence-electron chi connectivity index (χ2n) is 5.61. The van der Waals surface area contributed by atoms with E-state index in [2.05, 4.69) is 15.2 Å². The molecule has 0 saturated carbocycles. The Bertz CT molecular complexity index is 890. The Hall–Kier alpha value is -2.09. The lowest BCUT2D eigenvalue weighted by molar-refractivity contribution is -0.145. The molecule has 2 heterocycles. The van der Waals surface area contributed by atoms with Crippen LogP contribution in [0.5, 0.6) is 0 Å². The van der Waals surface area contributed by atoms with Gasteiger partial charge in [0, 0.05) is 10.6 Å². The SMILES string of the molecule is FC(F)(F)c1nnc2c(Sc3ccccc3)nc3c(n12)CCCC3. The highest BCUT2D eigenvalue weighted by Gasteiger charge is 2.39. The normalized spacial score (nSPS) is 14.8. The van der Waals surface area contributed by atoms with E-state index < -0.39 is 12.0 Å². The molecule has 4 rings (SSSR count). The molecule has 8 heteroatoms. The molecule has 0 radical (unpaired) electrons. The van der Waals surface area contributed by atoms with Crippen LogP contribution in [0.25, 0.3) is 5.65 Å². The summed E-state index contributed by atoms with van der Waals surface area (Å²) in [6, 6.07) is 9.43. The first-order valence-corrected chi connectivity index (χ1v) is 8.42. The molecule has 124 valence electrons. The molecule has 2 aromatic heterocycles. The van der Waals surface area contributed by atoms with Gasteiger partial charge < -0.3 is 0 Å². The number of benzene rings is 1. The molecular formula is C16H13F3N4S. The molecular weight excluding hydrogens is 337 g/mol. The fraction of sp³-hybridized carbons (Fsp3) is 0.312. The van der Waals surface area contributed by atoms with Gasteiger partial charge in [-0.2, -0.15) is 13.2 Å². The van der Waals surface area contributed by atoms with E-state index in [9.17, 15) is 13.2 Å². The fourth-order valence-corrected chi connectivity index (χ4v) is 3.83. The second kappa shape index (κ2) is 5.77. The van der Waals surface area contributed by atoms with Crippen LogP contribution in [-0.2, 0) is 19.0 Å². The summed E-state index contributed by atoms with van der Waals surface area (Å²) in [5.41, 5.74) is 1.49. The number of halogens is 3. The Kier molecular flexibility index (Phi) is 3.71. The van der Waals surface area contributed by atoms with E-state index >= 15 is 0 Å². The summed E-state index contributed by atoms with van der Waals surface area (Å²) in [6.07, 6.45) is -1.51. The van der Waals surface area contributed by atoms with Crippen molar-refractivity contribution in [3.63, 3.8) is 0 Å². The summed E-state index contributed by atoms with van der Waals surface area (Å²) >= 11 is 1.31. The molecule has 0 spiro atoms. The Morgan fingerprint density at radius 1 is 1.00 bits per heavy atom. The van der Waals surface area contributed by atoms with Crippen LogP contribution in [0.15, 0.2) is 40.3 Å². The number of hydrogen-bond acceptors (Lipinski definition) is 4. The molecule has 0 bridgehead atoms. The van der Waals surface area contributed by atoms with Crippen LogP contribution < -0.4 is 0 Å². The fourth-order valence-electron chi connectivity index (χ4n) is 2.94. The van der Waals surface area contributed by atoms with Crippen molar-refractivity contribution in [1.29, 1.82) is 0 Å². The monoisotopic (exact) mass is 350 g/mol. The van der Waals surface area contributed by atoms with Gasteiger partial charge in [0.05, 0.1) is 5.69 Å². The summed E-state index contributed by atoms with van der Waals surface area (Å²) in [5, 5.41) is 7.67. The number of rotatable bonds is 2. The van der Waals surface area contributed by atoms with Crippen molar-refractivity contribution >= 4 is 17.4 Å². The van der Waals surface area contributed by atoms with Crippen LogP contribution in [-0.4, -0.2) is 19.6 Å². The Balaban J connectivity index is 1.93. The molecule has 0 fully saturated rings. The maximum Gasteiger partial charge on any atom is 0.452 e. The van der Waals surface area contributed by atoms with E-state index in [4.69, 9.17) is 0 Å². The molecule has 0 aliphatic heterocycles. The predicted molar refractivity (Wildman–Crippen MR) is 83.0 cm³/mol. The van der Waals surface area contributed by atoms with Crippen molar-refractivity contribution in [3.05, 3.63) is 47.5 Å². The standard InChI is InChI=1S/C16H13F3N4S/c17-16(18,19)15-22-21-13-14(24-10-6-2-1-3-7-10)20-11-8-4-5-9-12(11)23(13)15/h1-3,6-7H,4-5,8-9H2. The van der Waals surface area contributed by atoms with Gasteiger partial charge in [-0.15, -0.1) is 10.2 Å². The Morgan fingerprint density at radius 3 is 2.50 bits per heavy atom. The van der Waals surface area contributed by atoms with Crippen LogP contribution >= 0.6 is 11.8 Å². The zero-order chi connectivity index (χ0) is 16.7. The third-order valence-electron chi connectivity index (χ3n) is 3.98. The van der Waals surface area contributed by atoms with Crippen molar-refractivity contribution in [2.45, 2.75) is 41.8 Å². The molecule has 1 aromatic carbocycles. The van der Waals surface area contributed by atoms with E-state index in [1.54, 1.807) is 0 Å². The molecule has 0 unspecified atom stereocenters. The zero-order valence-corrected chi connectivity index (χ0v) is 13.4. The highest BCUT2D eigenvalue weighted by Crippen LogP contribution is 2.35. The van der Waals surface area contributed by atoms with Gasteiger partial charge in [0.15, 0.2) is 5.65 Å². The van der Waals surface area contributed by atoms with Gasteiger partial charge in [-0.05, 0) is 37.8 Å². The highest BCUT2D eigenvalue weighted by molar-refractivity contribution is 7.99. The van der Waals surface area contributed by atoms with Crippen molar-refractivity contribution in [2.75, 3.05) is 0 Å². The van der Waals surface area contributed by atoms with Crippen molar-refractivity contribution in [2.24, 2.45) is 0 Å². The first-order valence-electron chi connectivity index (χ1n) is 7.61. The highest BCUT2D eigenvalue weighted by atomic mass is 32.2. The summed E-state index contributed by atoms with van der Waals surface area (Å²) in [6.45, 7) is 0. The molecule has 0 N–H and O–H groups in total. The first kappa shape index (κ1) is 15.4. The third-order valence-corrected chi connectivity index (χ3v) is 4.96. The minimum Gasteiger partial charge on any atom is -0.272 e. The number of hydrogen-bond donors (Lipinski definition) is 0. The lowest BCUT2D eigenvalue weighted by Crippen LogP contribution is -2.18. The minimum absolute atomic E-state index is 0.178. The molecule has 1 aliphatic carbocycles. The van der Waals surface area contributed by atoms with Crippen molar-refractivity contribution in [3.8, 4) is 0 Å². The van der Waals surface area contributed by atoms with Crippen LogP contribution in [0.2, 0.25) is 0 Å². The average Bonchev–Trinajstić information content (AvgIpc) is 3.02. The maximum atomic E-state index is 13.3. The molecule has 4 nitrogen and oxygen atoms in total. The van der Waals surface area contributed by atoms with Gasteiger partial charge in [-0.1, -0.05) is 30.0 Å². The average molecular weight is 350 g/mol. The smallest absolute Gasteiger partial charge is 0.272 e. The third kappa shape index (κ3) is 2.64. The van der Waals surface area contributed by atoms with E-state index in [0.29, 0.717) is 23.6 Å². The molecule has 0 amide bonds. The van der Waals surface area contributed by atoms with E-state index in [1.807, 2.05) is 30.3 Å². The quantitative estimate of drug-likeness (QED) is 0.696. The van der Waals surface area contributed by atoms with Crippen LogP contribution in [0, 0.1) is 0 Å². The van der Waals surface area contributed by atoms with Gasteiger partial charge >= 0.3 is 6.18 Å². The summed E-state index contributed by atoms with van der Waals surface area (Å²) in [7, 11) is 0. The van der Waals surface area contributed by atoms with E-state index in [1.165, 1.54) is 11.8 Å². The summed E-state index contributed by atoms with van der Waals surface area (Å²) < 4.78 is 41.1. The molecule has 1 aliphatic rings. The van der Waals surface area contributed by atoms with E-state index in [0.717, 1.165) is 27.8 Å². The molecule has 0 saturated heterocycles. The van der Waals surface area contributed by atoms with Gasteiger partial charge in [-0.25, -0.2) is 4.98 Å². The lowest BCUT2D eigenvalue weighted by atomic mass is 10.0. The van der Waals surface area contributed by atoms with Gasteiger partial charge in [0.25, 0.3) is 0 Å². The Morgan fingerprint density at radius 2 is 1.75 bits per heavy atom. The van der Waals surface area contributed by atoms with Gasteiger partial charge in [-0.3, -0.25) is 4.40 Å². The topological polar surface area (TPSA) is 43.1 Å². The number of nitrogens with zero attached hydrogens (tertiary/aromatic N) is 4. The van der Waals surface area contributed by atoms with Crippen LogP contribution in [0.3, 0.4) is 0 Å². The second-order valence-corrected chi connectivity index (χ2v) is 6.68. The molecule has 3 aromatic rings. The number of aryl methyl sites for hydroxylation is 2. The van der Waals surface area contributed by atoms with Gasteiger partial charge in [0.1, 0.15) is 5.03 Å². The minimum atomic E-state index is -4.54. The summed E-state index contributed by atoms with van der Waals surface area (Å²) in [4.78, 5) is 5.51. The molecule has 0 atom stereocenters. The number of aromatic nitrogens is 4. The van der Waals surface area contributed by atoms with Crippen molar-refractivity contribution < 1.29 is 13.2 Å². The first-order chi connectivity index (χ1) is 11.5. The van der Waals surface area contributed by atoms with Gasteiger partial charge in [0.2, 0.25) is 5.82 Å². The number of alkyl halides is 3. The summed E-state index contributed by atoms with van der Waals surface area (Å²) in [5.74, 6) is -0.965. The maximum absolute atomic E-state index is 13.3. The Labute approximate surface area is 140 Å². The van der Waals surface area contributed by atoms with Crippen LogP contribution in [0.4, 0.5) is 13.2 Å². The largest absolute Gasteiger partial charge is 0.452 e. The molecule has 24 heavy (non-hydrogen) atoms. The van der Waals surface area contributed by atoms with Crippen LogP contribution in [0.1, 0.15) is 30.1 Å². The van der Waals surface area contributed by atoms with E-state index in [-0.39, 0.29) is 5.65 Å². The number of fused-ring (bicyclic) bond motifs is 3. The van der Waals surface area contributed by atoms with Crippen molar-refractivity contribution in [1.82, 2.24) is 19.6 Å². The lowest BCUT2D eigenvalue weighted by Gasteiger charge is -2.19.